The Bertz CT molecular complexity index is 1060. The first kappa shape index (κ1) is 45.8. The highest BCUT2D eigenvalue weighted by Gasteiger charge is 2.55. The summed E-state index contributed by atoms with van der Waals surface area (Å²) in [7, 11) is 3.25. The molecular formula is C32H68N10O12. The van der Waals surface area contributed by atoms with E-state index in [1.54, 1.807) is 23.9 Å². The zero-order chi connectivity index (χ0) is 40.3. The molecule has 0 aromatic heterocycles. The van der Waals surface area contributed by atoms with E-state index in [2.05, 4.69) is 0 Å². The fourth-order valence-corrected chi connectivity index (χ4v) is 8.31. The standard InChI is InChI=1S/C32H68N10O12/c1-41(17(43)9-51-31-19(11(35)5-13(37)23(31)45)29-21(39)27(49)25(47)15(7-33)53-29)3-4-42(2)18(44)10-52-32-20(12(36)6-14(38)24(32)46)30-22(40)28(50)26(48)16(8-34)54-30/h11-32,43-50H,3-10,33-40H2,1-2H3/t11-,12-,13+,14+,15+,16+,17-,18-,19-,20-,21+,22+,23-,24-,25+,26+,27+,28+,29+,30+,31-,32-/m0/s1. The minimum Gasteiger partial charge on any atom is -0.389 e. The van der Waals surface area contributed by atoms with Gasteiger partial charge in [-0.2, -0.15) is 0 Å². The molecule has 4 fully saturated rings. The fourth-order valence-electron chi connectivity index (χ4n) is 8.31. The molecule has 22 heteroatoms. The number of hydrogen-bond donors (Lipinski definition) is 16. The molecule has 2 saturated carbocycles. The van der Waals surface area contributed by atoms with Crippen molar-refractivity contribution in [2.45, 2.75) is 135 Å². The van der Waals surface area contributed by atoms with Crippen molar-refractivity contribution in [1.82, 2.24) is 9.80 Å². The van der Waals surface area contributed by atoms with Crippen LogP contribution in [0.15, 0.2) is 0 Å². The summed E-state index contributed by atoms with van der Waals surface area (Å²) < 4.78 is 24.1. The number of rotatable bonds is 15. The largest absolute Gasteiger partial charge is 0.389 e. The van der Waals surface area contributed by atoms with Gasteiger partial charge < -0.3 is 106 Å². The van der Waals surface area contributed by atoms with Crippen LogP contribution in [0.2, 0.25) is 0 Å². The van der Waals surface area contributed by atoms with Gasteiger partial charge >= 0.3 is 0 Å². The number of likely N-dealkylation sites (N-methyl/N-ethyl adjacent to an activating group) is 2. The summed E-state index contributed by atoms with van der Waals surface area (Å²) in [5.74, 6) is -1.54. The molecule has 0 radical (unpaired) electrons. The summed E-state index contributed by atoms with van der Waals surface area (Å²) >= 11 is 0. The van der Waals surface area contributed by atoms with Crippen LogP contribution < -0.4 is 45.9 Å². The monoisotopic (exact) mass is 785 g/mol. The van der Waals surface area contributed by atoms with Gasteiger partial charge in [-0.25, -0.2) is 0 Å². The lowest BCUT2D eigenvalue weighted by molar-refractivity contribution is -0.223. The van der Waals surface area contributed by atoms with Gasteiger partial charge in [0.05, 0.1) is 74.1 Å². The number of nitrogens with zero attached hydrogens (tertiary/aromatic N) is 2. The zero-order valence-electron chi connectivity index (χ0n) is 31.1. The van der Waals surface area contributed by atoms with Gasteiger partial charge in [0.15, 0.2) is 0 Å². The van der Waals surface area contributed by atoms with Crippen LogP contribution >= 0.6 is 0 Å². The Morgan fingerprint density at radius 3 is 1.20 bits per heavy atom. The van der Waals surface area contributed by atoms with E-state index < -0.39 is 134 Å². The van der Waals surface area contributed by atoms with Crippen LogP contribution in [-0.4, -0.2) is 226 Å². The van der Waals surface area contributed by atoms with Crippen molar-refractivity contribution >= 4 is 0 Å². The second-order valence-electron chi connectivity index (χ2n) is 15.6. The van der Waals surface area contributed by atoms with Crippen molar-refractivity contribution in [3.05, 3.63) is 0 Å². The lowest BCUT2D eigenvalue weighted by Crippen LogP contribution is -2.70. The summed E-state index contributed by atoms with van der Waals surface area (Å²) in [5, 5.41) is 86.1. The molecule has 0 unspecified atom stereocenters. The van der Waals surface area contributed by atoms with Gasteiger partial charge in [-0.3, -0.25) is 9.80 Å². The predicted molar refractivity (Wildman–Crippen MR) is 192 cm³/mol. The summed E-state index contributed by atoms with van der Waals surface area (Å²) in [5.41, 5.74) is 49.3. The first-order valence-corrected chi connectivity index (χ1v) is 18.7. The predicted octanol–water partition coefficient (Wildman–Crippen LogP) is -10.1. The second kappa shape index (κ2) is 19.7. The van der Waals surface area contributed by atoms with Crippen molar-refractivity contribution in [3.8, 4) is 0 Å². The molecule has 4 rings (SSSR count). The molecule has 22 nitrogen and oxygen atoms in total. The highest BCUT2D eigenvalue weighted by molar-refractivity contribution is 5.08. The van der Waals surface area contributed by atoms with Crippen LogP contribution in [0.3, 0.4) is 0 Å². The smallest absolute Gasteiger partial charge is 0.130 e. The molecule has 2 aliphatic heterocycles. The Morgan fingerprint density at radius 2 is 0.889 bits per heavy atom. The molecule has 2 saturated heterocycles. The van der Waals surface area contributed by atoms with Gasteiger partial charge in [0.2, 0.25) is 0 Å². The molecule has 4 aliphatic rings. The van der Waals surface area contributed by atoms with E-state index in [4.69, 9.17) is 64.8 Å². The van der Waals surface area contributed by atoms with E-state index in [1.165, 1.54) is 0 Å². The zero-order valence-corrected chi connectivity index (χ0v) is 31.1. The first-order chi connectivity index (χ1) is 25.4. The molecule has 2 aliphatic carbocycles. The number of ether oxygens (including phenoxy) is 4. The van der Waals surface area contributed by atoms with Crippen molar-refractivity contribution < 1.29 is 59.8 Å². The van der Waals surface area contributed by atoms with Gasteiger partial charge in [0, 0.05) is 62.2 Å². The Hall–Kier alpha value is -0.880. The normalized spacial score (nSPS) is 47.6. The van der Waals surface area contributed by atoms with Crippen LogP contribution in [-0.2, 0) is 18.9 Å². The summed E-state index contributed by atoms with van der Waals surface area (Å²) in [6, 6.07) is -4.98. The van der Waals surface area contributed by atoms with E-state index in [0.29, 0.717) is 0 Å². The maximum atomic E-state index is 11.1. The molecule has 0 aromatic carbocycles. The van der Waals surface area contributed by atoms with Crippen molar-refractivity contribution in [1.29, 1.82) is 0 Å². The van der Waals surface area contributed by atoms with Crippen LogP contribution in [0, 0.1) is 11.8 Å². The SMILES string of the molecule is CN(CCN(C)[C@@H](O)CO[C@@H]1[C@@H](O)[C@H](N)C[C@H](N)[C@H]1[C@H]1O[C@H](CN)[C@@H](O)[C@H](O)[C@H]1N)[C@@H](O)CO[C@@H]1[C@@H](O)[C@H](N)C[C@H](N)[C@H]1[C@H]1O[C@H](CN)[C@@H](O)[C@H](O)[C@H]1N. The summed E-state index contributed by atoms with van der Waals surface area (Å²) in [6.07, 6.45) is -15.6. The minimum absolute atomic E-state index is 0.0995. The van der Waals surface area contributed by atoms with Crippen molar-refractivity contribution in [2.24, 2.45) is 57.7 Å². The Kier molecular flexibility index (Phi) is 16.7. The fraction of sp³-hybridized carbons (Fsp3) is 1.00. The third-order valence-corrected chi connectivity index (χ3v) is 12.0. The minimum atomic E-state index is -1.37. The van der Waals surface area contributed by atoms with Gasteiger partial charge in [-0.05, 0) is 26.9 Å². The molecule has 0 aromatic rings. The van der Waals surface area contributed by atoms with Gasteiger partial charge in [-0.15, -0.1) is 0 Å². The van der Waals surface area contributed by atoms with E-state index in [9.17, 15) is 40.9 Å². The number of hydrogen-bond acceptors (Lipinski definition) is 22. The Balaban J connectivity index is 1.33. The lowest BCUT2D eigenvalue weighted by atomic mass is 9.71. The van der Waals surface area contributed by atoms with E-state index in [0.717, 1.165) is 0 Å². The number of aliphatic hydroxyl groups is 8. The van der Waals surface area contributed by atoms with E-state index in [1.807, 2.05) is 0 Å². The summed E-state index contributed by atoms with van der Waals surface area (Å²) in [4.78, 5) is 3.10. The van der Waals surface area contributed by atoms with Crippen molar-refractivity contribution in [3.63, 3.8) is 0 Å². The van der Waals surface area contributed by atoms with Crippen LogP contribution in [0.4, 0.5) is 0 Å². The number of nitrogens with two attached hydrogens (primary N) is 8. The van der Waals surface area contributed by atoms with Gasteiger partial charge in [0.1, 0.15) is 36.9 Å². The van der Waals surface area contributed by atoms with Crippen LogP contribution in [0.1, 0.15) is 12.8 Å². The number of aliphatic hydroxyl groups excluding tert-OH is 8. The maximum Gasteiger partial charge on any atom is 0.130 e. The Labute approximate surface area is 315 Å². The average molecular weight is 785 g/mol. The second-order valence-corrected chi connectivity index (χ2v) is 15.6. The molecule has 0 amide bonds. The third kappa shape index (κ3) is 9.86. The molecule has 0 bridgehead atoms. The average Bonchev–Trinajstić information content (AvgIpc) is 3.14. The molecule has 54 heavy (non-hydrogen) atoms. The molecule has 0 spiro atoms. The van der Waals surface area contributed by atoms with Gasteiger partial charge in [0.25, 0.3) is 0 Å². The van der Waals surface area contributed by atoms with Crippen LogP contribution in [0.5, 0.6) is 0 Å². The lowest BCUT2D eigenvalue weighted by Gasteiger charge is -2.51. The van der Waals surface area contributed by atoms with E-state index in [-0.39, 0.29) is 52.2 Å². The van der Waals surface area contributed by atoms with E-state index >= 15 is 0 Å². The first-order valence-electron chi connectivity index (χ1n) is 18.7. The molecule has 318 valence electrons. The topological polar surface area (TPSA) is 413 Å². The third-order valence-electron chi connectivity index (χ3n) is 12.0. The highest BCUT2D eigenvalue weighted by Crippen LogP contribution is 2.37. The van der Waals surface area contributed by atoms with Crippen molar-refractivity contribution in [2.75, 3.05) is 53.5 Å². The maximum absolute atomic E-state index is 11.1. The van der Waals surface area contributed by atoms with Crippen LogP contribution in [0.25, 0.3) is 0 Å². The summed E-state index contributed by atoms with van der Waals surface area (Å²) in [6.45, 7) is -0.332. The molecule has 22 atom stereocenters. The van der Waals surface area contributed by atoms with Gasteiger partial charge in [-0.1, -0.05) is 0 Å². The molecule has 24 N–H and O–H groups in total. The quantitative estimate of drug-likeness (QED) is 0.0685. The highest BCUT2D eigenvalue weighted by atomic mass is 16.5. The Morgan fingerprint density at radius 1 is 0.556 bits per heavy atom. The molecular weight excluding hydrogens is 716 g/mol. The molecule has 2 heterocycles.